The predicted octanol–water partition coefficient (Wildman–Crippen LogP) is 1.07. The standard InChI is InChI=1S/C37H49NO13/c1-12-21-24(35(8)36(9,46)32(45)51-37(35)29(12)38-37)27(47-13(2)39)22-20-23(28(48-14(3)40)31(34(21,22)7)50-16(5)42)33(6)19(25(43)26(20)44)11-17-10-18(17)30(33)49-15(4)41/h12,17-24,26-31,38,44,46H,10-11H2,1-9H3/t12-,17-,18-,19+,20?,21-,22+,23?,24-,26+,27+,28-,29+,30-,31-,33-,34+,35-,36+,37-/m0/s1. The first kappa shape index (κ1) is 35.0. The Morgan fingerprint density at radius 3 is 1.90 bits per heavy atom. The van der Waals surface area contributed by atoms with Gasteiger partial charge in [0.1, 0.15) is 30.5 Å². The van der Waals surface area contributed by atoms with Crippen LogP contribution in [-0.2, 0) is 52.5 Å². The molecular formula is C37H49NO13. The van der Waals surface area contributed by atoms with Crippen molar-refractivity contribution in [1.82, 2.24) is 5.32 Å². The summed E-state index contributed by atoms with van der Waals surface area (Å²) < 4.78 is 31.0. The molecule has 2 saturated heterocycles. The smallest absolute Gasteiger partial charge is 0.340 e. The summed E-state index contributed by atoms with van der Waals surface area (Å²) in [5.74, 6) is -9.27. The Balaban J connectivity index is 1.42. The Bertz CT molecular complexity index is 1660. The molecule has 1 spiro atoms. The van der Waals surface area contributed by atoms with Crippen LogP contribution in [0.2, 0.25) is 0 Å². The maximum atomic E-state index is 14.6. The van der Waals surface area contributed by atoms with Crippen LogP contribution < -0.4 is 5.32 Å². The number of fused-ring (bicyclic) bond motifs is 9. The highest BCUT2D eigenvalue weighted by Crippen LogP contribution is 2.79. The molecule has 2 aliphatic heterocycles. The summed E-state index contributed by atoms with van der Waals surface area (Å²) in [6.07, 6.45) is -4.81. The highest BCUT2D eigenvalue weighted by Gasteiger charge is 2.92. The van der Waals surface area contributed by atoms with E-state index in [0.717, 1.165) is 0 Å². The first-order valence-electron chi connectivity index (χ1n) is 18.3. The summed E-state index contributed by atoms with van der Waals surface area (Å²) in [7, 11) is 0. The van der Waals surface area contributed by atoms with Crippen molar-refractivity contribution in [3.8, 4) is 0 Å². The van der Waals surface area contributed by atoms with Gasteiger partial charge in [-0.1, -0.05) is 27.7 Å². The molecule has 20 atom stereocenters. The molecule has 0 aromatic heterocycles. The monoisotopic (exact) mass is 715 g/mol. The quantitative estimate of drug-likeness (QED) is 0.211. The number of hydrogen-bond donors (Lipinski definition) is 3. The second-order valence-electron chi connectivity index (χ2n) is 17.8. The molecule has 0 amide bonds. The molecule has 14 nitrogen and oxygen atoms in total. The predicted molar refractivity (Wildman–Crippen MR) is 170 cm³/mol. The molecule has 6 saturated carbocycles. The van der Waals surface area contributed by atoms with Gasteiger partial charge in [-0.2, -0.15) is 0 Å². The second kappa shape index (κ2) is 10.3. The Kier molecular flexibility index (Phi) is 7.07. The minimum absolute atomic E-state index is 0.0681. The van der Waals surface area contributed by atoms with Gasteiger partial charge in [-0.25, -0.2) is 4.79 Å². The fourth-order valence-corrected chi connectivity index (χ4v) is 13.9. The van der Waals surface area contributed by atoms with Crippen molar-refractivity contribution >= 4 is 35.6 Å². The Morgan fingerprint density at radius 2 is 1.31 bits per heavy atom. The molecule has 2 heterocycles. The maximum absolute atomic E-state index is 14.6. The summed E-state index contributed by atoms with van der Waals surface area (Å²) in [5.41, 5.74) is -7.28. The van der Waals surface area contributed by atoms with E-state index in [-0.39, 0.29) is 17.8 Å². The van der Waals surface area contributed by atoms with E-state index < -0.39 is 135 Å². The third-order valence-electron chi connectivity index (χ3n) is 15.7. The van der Waals surface area contributed by atoms with E-state index in [4.69, 9.17) is 23.7 Å². The molecule has 8 aliphatic rings. The molecule has 14 heteroatoms. The van der Waals surface area contributed by atoms with Gasteiger partial charge in [0.05, 0.1) is 11.5 Å². The van der Waals surface area contributed by atoms with Crippen LogP contribution in [0, 0.1) is 69.5 Å². The van der Waals surface area contributed by atoms with Crippen LogP contribution in [0.5, 0.6) is 0 Å². The van der Waals surface area contributed by atoms with Crippen LogP contribution in [0.25, 0.3) is 0 Å². The van der Waals surface area contributed by atoms with Crippen LogP contribution in [0.3, 0.4) is 0 Å². The van der Waals surface area contributed by atoms with Crippen LogP contribution in [0.4, 0.5) is 0 Å². The van der Waals surface area contributed by atoms with Crippen molar-refractivity contribution in [3.05, 3.63) is 0 Å². The molecule has 6 aliphatic carbocycles. The van der Waals surface area contributed by atoms with E-state index >= 15 is 0 Å². The van der Waals surface area contributed by atoms with Crippen LogP contribution in [-0.4, -0.2) is 93.7 Å². The molecular weight excluding hydrogens is 666 g/mol. The van der Waals surface area contributed by atoms with Crippen LogP contribution >= 0.6 is 0 Å². The number of Topliss-reactive ketones (excluding diaryl/α,β-unsaturated/α-hetero) is 1. The van der Waals surface area contributed by atoms with E-state index in [2.05, 4.69) is 5.32 Å². The number of aliphatic hydroxyl groups excluding tert-OH is 1. The summed E-state index contributed by atoms with van der Waals surface area (Å²) in [6.45, 7) is 13.8. The summed E-state index contributed by atoms with van der Waals surface area (Å²) in [6, 6.07) is -0.448. The van der Waals surface area contributed by atoms with Crippen molar-refractivity contribution in [3.63, 3.8) is 0 Å². The summed E-state index contributed by atoms with van der Waals surface area (Å²) in [5, 5.41) is 27.9. The first-order valence-corrected chi connectivity index (χ1v) is 18.3. The lowest BCUT2D eigenvalue weighted by atomic mass is 9.41. The zero-order valence-corrected chi connectivity index (χ0v) is 30.5. The van der Waals surface area contributed by atoms with Gasteiger partial charge in [0.15, 0.2) is 17.1 Å². The van der Waals surface area contributed by atoms with Gasteiger partial charge in [0, 0.05) is 68.1 Å². The van der Waals surface area contributed by atoms with Gasteiger partial charge in [-0.3, -0.25) is 29.3 Å². The van der Waals surface area contributed by atoms with Gasteiger partial charge < -0.3 is 33.9 Å². The van der Waals surface area contributed by atoms with Crippen molar-refractivity contribution in [2.45, 2.75) is 123 Å². The number of carbonyl (C=O) groups excluding carboxylic acids is 6. The molecule has 2 unspecified atom stereocenters. The third-order valence-corrected chi connectivity index (χ3v) is 15.7. The van der Waals surface area contributed by atoms with Gasteiger partial charge in [-0.05, 0) is 43.4 Å². The zero-order chi connectivity index (χ0) is 37.3. The molecule has 8 fully saturated rings. The minimum atomic E-state index is -2.07. The number of carbonyl (C=O) groups is 6. The van der Waals surface area contributed by atoms with Crippen molar-refractivity contribution in [2.24, 2.45) is 69.5 Å². The number of ether oxygens (including phenoxy) is 5. The van der Waals surface area contributed by atoms with Gasteiger partial charge in [0.2, 0.25) is 0 Å². The van der Waals surface area contributed by atoms with Crippen LogP contribution in [0.15, 0.2) is 0 Å². The molecule has 8 rings (SSSR count). The molecule has 0 radical (unpaired) electrons. The van der Waals surface area contributed by atoms with E-state index in [9.17, 15) is 39.0 Å². The van der Waals surface area contributed by atoms with Crippen molar-refractivity contribution in [2.75, 3.05) is 0 Å². The van der Waals surface area contributed by atoms with Gasteiger partial charge in [-0.15, -0.1) is 0 Å². The fraction of sp³-hybridized carbons (Fsp3) is 0.838. The van der Waals surface area contributed by atoms with E-state index in [1.54, 1.807) is 6.92 Å². The van der Waals surface area contributed by atoms with E-state index in [1.165, 1.54) is 34.6 Å². The Labute approximate surface area is 296 Å². The summed E-state index contributed by atoms with van der Waals surface area (Å²) in [4.78, 5) is 80.4. The van der Waals surface area contributed by atoms with Crippen molar-refractivity contribution < 1.29 is 62.7 Å². The number of rotatable bonds is 4. The minimum Gasteiger partial charge on any atom is -0.462 e. The maximum Gasteiger partial charge on any atom is 0.340 e. The van der Waals surface area contributed by atoms with E-state index in [0.29, 0.717) is 12.8 Å². The molecule has 0 aromatic rings. The number of aliphatic hydroxyl groups is 2. The lowest BCUT2D eigenvalue weighted by Gasteiger charge is -2.65. The number of ketones is 1. The Morgan fingerprint density at radius 1 is 0.765 bits per heavy atom. The molecule has 3 N–H and O–H groups in total. The zero-order valence-electron chi connectivity index (χ0n) is 30.5. The lowest BCUT2D eigenvalue weighted by molar-refractivity contribution is -0.275. The average Bonchev–Trinajstić information content (AvgIpc) is 3.92. The topological polar surface area (TPSA) is 211 Å². The lowest BCUT2D eigenvalue weighted by Crippen LogP contribution is -2.74. The normalized spacial score (nSPS) is 56.6. The fourth-order valence-electron chi connectivity index (χ4n) is 13.9. The van der Waals surface area contributed by atoms with Crippen molar-refractivity contribution in [1.29, 1.82) is 0 Å². The van der Waals surface area contributed by atoms with Gasteiger partial charge >= 0.3 is 29.8 Å². The Hall–Kier alpha value is -3.10. The molecule has 51 heavy (non-hydrogen) atoms. The average molecular weight is 716 g/mol. The SMILES string of the molecule is CC(=O)O[C@H]1[C@@H]2[C@H]([C@H](C)[C@H]3N[C@]34OC(=O)[C@@](C)(O)[C@]24C)[C@]2(C)[C@@H]1C1C([C@H](OC(C)=O)[C@@H]2OC(C)=O)[C@]2(C)[C@H](C[C@@H]3C[C@@H]3[C@@H]2OC(C)=O)C(=O)[C@@H]1O. The highest BCUT2D eigenvalue weighted by atomic mass is 16.6. The number of nitrogens with one attached hydrogen (secondary N) is 1. The number of hydrogen-bond acceptors (Lipinski definition) is 14. The number of esters is 5. The first-order chi connectivity index (χ1) is 23.6. The largest absolute Gasteiger partial charge is 0.462 e. The van der Waals surface area contributed by atoms with Crippen LogP contribution in [0.1, 0.15) is 75.2 Å². The molecule has 280 valence electrons. The highest BCUT2D eigenvalue weighted by molar-refractivity contribution is 5.88. The second-order valence-corrected chi connectivity index (χ2v) is 17.8. The summed E-state index contributed by atoms with van der Waals surface area (Å²) >= 11 is 0. The third kappa shape index (κ3) is 3.94. The van der Waals surface area contributed by atoms with Gasteiger partial charge in [0.25, 0.3) is 0 Å². The molecule has 0 bridgehead atoms. The van der Waals surface area contributed by atoms with E-state index in [1.807, 2.05) is 20.8 Å². The molecule has 0 aromatic carbocycles.